The molecule has 74 valence electrons. The average Bonchev–Trinajstić information content (AvgIpc) is 2.02. The van der Waals surface area contributed by atoms with E-state index in [1.54, 1.807) is 0 Å². The summed E-state index contributed by atoms with van der Waals surface area (Å²) in [6.07, 6.45) is 0. The molecule has 0 amide bonds. The number of nitrogens with two attached hydrogens (primary N) is 1. The van der Waals surface area contributed by atoms with Gasteiger partial charge in [0.05, 0.1) is 6.61 Å². The van der Waals surface area contributed by atoms with Gasteiger partial charge in [0.15, 0.2) is 5.78 Å². The van der Waals surface area contributed by atoms with E-state index in [1.165, 1.54) is 6.92 Å². The average molecular weight is 189 g/mol. The Hall–Kier alpha value is -1.43. The van der Waals surface area contributed by atoms with Gasteiger partial charge in [-0.05, 0) is 13.8 Å². The number of Topliss-reactive ketones (excluding diaryl/α,β-unsaturated/α-hetero) is 1. The van der Waals surface area contributed by atoms with Crippen LogP contribution in [0.4, 0.5) is 0 Å². The van der Waals surface area contributed by atoms with Gasteiger partial charge in [-0.15, -0.1) is 0 Å². The highest BCUT2D eigenvalue weighted by molar-refractivity contribution is 6.24. The fraction of sp³-hybridized carbons (Fsp3) is 0.571. The zero-order chi connectivity index (χ0) is 10.6. The molecule has 1 unspecified atom stereocenters. The van der Waals surface area contributed by atoms with Gasteiger partial charge in [-0.2, -0.15) is 0 Å². The van der Waals surface area contributed by atoms with Crippen molar-refractivity contribution in [2.45, 2.75) is 19.4 Å². The predicted molar refractivity (Wildman–Crippen MR) is 41.9 cm³/mol. The highest BCUT2D eigenvalue weighted by Crippen LogP contribution is 2.05. The zero-order valence-corrected chi connectivity index (χ0v) is 7.36. The van der Waals surface area contributed by atoms with Crippen LogP contribution in [0.5, 0.6) is 0 Å². The minimum absolute atomic E-state index is 0.0294. The van der Waals surface area contributed by atoms with E-state index in [4.69, 9.17) is 10.8 Å². The minimum atomic E-state index is -2.57. The van der Waals surface area contributed by atoms with Crippen LogP contribution >= 0.6 is 0 Å². The summed E-state index contributed by atoms with van der Waals surface area (Å²) in [5, 5.41) is 8.55. The SMILES string of the molecule is CCOC(=O)C(N)(C(C)=O)C(=O)O. The van der Waals surface area contributed by atoms with Crippen molar-refractivity contribution in [1.82, 2.24) is 0 Å². The Balaban J connectivity index is 4.91. The Kier molecular flexibility index (Phi) is 3.55. The van der Waals surface area contributed by atoms with Crippen LogP contribution < -0.4 is 5.73 Å². The first kappa shape index (κ1) is 11.6. The van der Waals surface area contributed by atoms with E-state index in [0.29, 0.717) is 0 Å². The smallest absolute Gasteiger partial charge is 0.345 e. The van der Waals surface area contributed by atoms with Gasteiger partial charge in [-0.3, -0.25) is 4.79 Å². The van der Waals surface area contributed by atoms with Crippen molar-refractivity contribution >= 4 is 17.7 Å². The molecular formula is C7H11NO5. The van der Waals surface area contributed by atoms with Crippen molar-refractivity contribution in [2.24, 2.45) is 5.73 Å². The van der Waals surface area contributed by atoms with Gasteiger partial charge in [0.25, 0.3) is 5.54 Å². The molecule has 13 heavy (non-hydrogen) atoms. The Morgan fingerprint density at radius 2 is 1.92 bits per heavy atom. The summed E-state index contributed by atoms with van der Waals surface area (Å²) in [7, 11) is 0. The highest BCUT2D eigenvalue weighted by atomic mass is 16.5. The number of hydrogen-bond donors (Lipinski definition) is 2. The van der Waals surface area contributed by atoms with Crippen molar-refractivity contribution in [2.75, 3.05) is 6.61 Å². The number of ether oxygens (including phenoxy) is 1. The second kappa shape index (κ2) is 3.99. The topological polar surface area (TPSA) is 107 Å². The lowest BCUT2D eigenvalue weighted by atomic mass is 9.97. The molecule has 0 radical (unpaired) electrons. The van der Waals surface area contributed by atoms with E-state index in [2.05, 4.69) is 4.74 Å². The molecule has 0 rings (SSSR count). The standard InChI is InChI=1S/C7H11NO5/c1-3-13-6(12)7(8,4(2)9)5(10)11/h3,8H2,1-2H3,(H,10,11). The molecule has 0 saturated carbocycles. The Bertz CT molecular complexity index is 233. The maximum Gasteiger partial charge on any atom is 0.345 e. The Morgan fingerprint density at radius 1 is 1.46 bits per heavy atom. The molecule has 0 bridgehead atoms. The molecule has 0 spiro atoms. The number of esters is 1. The third kappa shape index (κ3) is 2.03. The second-order valence-electron chi connectivity index (χ2n) is 2.39. The van der Waals surface area contributed by atoms with Crippen molar-refractivity contribution in [3.8, 4) is 0 Å². The molecule has 3 N–H and O–H groups in total. The minimum Gasteiger partial charge on any atom is -0.479 e. The fourth-order valence-electron chi connectivity index (χ4n) is 0.627. The Labute approximate surface area is 74.7 Å². The van der Waals surface area contributed by atoms with E-state index in [0.717, 1.165) is 6.92 Å². The van der Waals surface area contributed by atoms with Crippen molar-refractivity contribution in [1.29, 1.82) is 0 Å². The summed E-state index contributed by atoms with van der Waals surface area (Å²) in [6, 6.07) is 0. The third-order valence-corrected chi connectivity index (χ3v) is 1.49. The maximum absolute atomic E-state index is 11.0. The predicted octanol–water partition coefficient (Wildman–Crippen LogP) is -1.08. The molecule has 0 saturated heterocycles. The van der Waals surface area contributed by atoms with Gasteiger partial charge < -0.3 is 15.6 Å². The van der Waals surface area contributed by atoms with Crippen LogP contribution in [0.2, 0.25) is 0 Å². The van der Waals surface area contributed by atoms with Crippen LogP contribution in [0.1, 0.15) is 13.8 Å². The Morgan fingerprint density at radius 3 is 2.15 bits per heavy atom. The molecular weight excluding hydrogens is 178 g/mol. The van der Waals surface area contributed by atoms with Gasteiger partial charge in [-0.25, -0.2) is 9.59 Å². The van der Waals surface area contributed by atoms with Crippen LogP contribution in [0.3, 0.4) is 0 Å². The van der Waals surface area contributed by atoms with Crippen molar-refractivity contribution in [3.05, 3.63) is 0 Å². The van der Waals surface area contributed by atoms with Crippen LogP contribution in [-0.4, -0.2) is 35.0 Å². The quantitative estimate of drug-likeness (QED) is 0.430. The van der Waals surface area contributed by atoms with Crippen LogP contribution in [-0.2, 0) is 19.1 Å². The first-order chi connectivity index (χ1) is 5.87. The van der Waals surface area contributed by atoms with Crippen molar-refractivity contribution in [3.63, 3.8) is 0 Å². The first-order valence-corrected chi connectivity index (χ1v) is 3.57. The van der Waals surface area contributed by atoms with Crippen LogP contribution in [0.25, 0.3) is 0 Å². The lowest BCUT2D eigenvalue weighted by Gasteiger charge is -2.18. The molecule has 0 aliphatic carbocycles. The van der Waals surface area contributed by atoms with E-state index in [-0.39, 0.29) is 6.61 Å². The number of ketones is 1. The molecule has 0 aromatic heterocycles. The molecule has 0 aromatic rings. The number of carboxylic acids is 1. The van der Waals surface area contributed by atoms with Gasteiger partial charge in [0, 0.05) is 0 Å². The molecule has 0 aliphatic rings. The van der Waals surface area contributed by atoms with Gasteiger partial charge in [0.1, 0.15) is 0 Å². The summed E-state index contributed by atoms with van der Waals surface area (Å²) in [6.45, 7) is 2.38. The number of rotatable bonds is 4. The maximum atomic E-state index is 11.0. The van der Waals surface area contributed by atoms with E-state index >= 15 is 0 Å². The summed E-state index contributed by atoms with van der Waals surface area (Å²) in [5.74, 6) is -3.91. The largest absolute Gasteiger partial charge is 0.479 e. The lowest BCUT2D eigenvalue weighted by molar-refractivity contribution is -0.163. The molecule has 6 heteroatoms. The van der Waals surface area contributed by atoms with E-state index < -0.39 is 23.3 Å². The first-order valence-electron chi connectivity index (χ1n) is 3.57. The number of carboxylic acid groups (broad SMARTS) is 1. The molecule has 0 fully saturated rings. The molecule has 0 aliphatic heterocycles. The van der Waals surface area contributed by atoms with Crippen LogP contribution in [0, 0.1) is 0 Å². The summed E-state index contributed by atoms with van der Waals surface area (Å²) in [4.78, 5) is 32.3. The normalized spacial score (nSPS) is 14.4. The monoisotopic (exact) mass is 189 g/mol. The number of aliphatic carboxylic acids is 1. The second-order valence-corrected chi connectivity index (χ2v) is 2.39. The molecule has 6 nitrogen and oxygen atoms in total. The van der Waals surface area contributed by atoms with Gasteiger partial charge in [0.2, 0.25) is 0 Å². The molecule has 0 aromatic carbocycles. The van der Waals surface area contributed by atoms with Gasteiger partial charge >= 0.3 is 11.9 Å². The number of hydrogen-bond acceptors (Lipinski definition) is 5. The third-order valence-electron chi connectivity index (χ3n) is 1.49. The number of carbonyl (C=O) groups excluding carboxylic acids is 2. The number of carbonyl (C=O) groups is 3. The molecule has 0 heterocycles. The van der Waals surface area contributed by atoms with Gasteiger partial charge in [-0.1, -0.05) is 0 Å². The fourth-order valence-corrected chi connectivity index (χ4v) is 0.627. The summed E-state index contributed by atoms with van der Waals surface area (Å²) >= 11 is 0. The highest BCUT2D eigenvalue weighted by Gasteiger charge is 2.48. The molecule has 1 atom stereocenters. The summed E-state index contributed by atoms with van der Waals surface area (Å²) < 4.78 is 4.36. The van der Waals surface area contributed by atoms with Crippen LogP contribution in [0.15, 0.2) is 0 Å². The zero-order valence-electron chi connectivity index (χ0n) is 7.36. The van der Waals surface area contributed by atoms with E-state index in [9.17, 15) is 14.4 Å². The lowest BCUT2D eigenvalue weighted by Crippen LogP contribution is -2.60. The summed E-state index contributed by atoms with van der Waals surface area (Å²) in [5.41, 5.74) is 2.52. The van der Waals surface area contributed by atoms with Crippen molar-refractivity contribution < 1.29 is 24.2 Å². The van der Waals surface area contributed by atoms with E-state index in [1.807, 2.05) is 0 Å².